The third-order valence-electron chi connectivity index (χ3n) is 2.86. The summed E-state index contributed by atoms with van der Waals surface area (Å²) in [6, 6.07) is 5.60. The highest BCUT2D eigenvalue weighted by atomic mass is 16.4. The molecule has 0 atom stereocenters. The molecule has 0 aliphatic heterocycles. The zero-order valence-corrected chi connectivity index (χ0v) is 11.8. The normalized spacial score (nSPS) is 10.2. The van der Waals surface area contributed by atoms with Gasteiger partial charge in [-0.05, 0) is 24.6 Å². The van der Waals surface area contributed by atoms with Crippen LogP contribution in [-0.2, 0) is 13.5 Å². The first-order chi connectivity index (χ1) is 9.99. The molecule has 2 amide bonds. The Hall–Kier alpha value is -2.83. The van der Waals surface area contributed by atoms with Crippen LogP contribution in [-0.4, -0.2) is 26.9 Å². The van der Waals surface area contributed by atoms with Crippen molar-refractivity contribution in [2.24, 2.45) is 7.05 Å². The number of aromatic carboxylic acids is 1. The van der Waals surface area contributed by atoms with Crippen LogP contribution < -0.4 is 10.6 Å². The summed E-state index contributed by atoms with van der Waals surface area (Å²) >= 11 is 0. The highest BCUT2D eigenvalue weighted by Crippen LogP contribution is 2.15. The van der Waals surface area contributed by atoms with E-state index in [1.54, 1.807) is 30.1 Å². The van der Waals surface area contributed by atoms with Crippen LogP contribution >= 0.6 is 0 Å². The summed E-state index contributed by atoms with van der Waals surface area (Å²) in [5, 5.41) is 18.4. The number of hydrogen-bond acceptors (Lipinski definition) is 3. The molecular weight excluding hydrogens is 272 g/mol. The molecule has 21 heavy (non-hydrogen) atoms. The van der Waals surface area contributed by atoms with Crippen molar-refractivity contribution in [3.63, 3.8) is 0 Å². The molecule has 0 saturated heterocycles. The van der Waals surface area contributed by atoms with E-state index < -0.39 is 12.0 Å². The maximum atomic E-state index is 11.9. The predicted molar refractivity (Wildman–Crippen MR) is 78.6 cm³/mol. The highest BCUT2D eigenvalue weighted by molar-refractivity contribution is 6.00. The summed E-state index contributed by atoms with van der Waals surface area (Å²) in [7, 11) is 1.78. The van der Waals surface area contributed by atoms with Crippen LogP contribution in [0.2, 0.25) is 0 Å². The van der Waals surface area contributed by atoms with E-state index in [2.05, 4.69) is 15.7 Å². The quantitative estimate of drug-likeness (QED) is 0.804. The second-order valence-corrected chi connectivity index (χ2v) is 4.48. The predicted octanol–water partition coefficient (Wildman–Crippen LogP) is 2.32. The summed E-state index contributed by atoms with van der Waals surface area (Å²) in [6.45, 7) is 1.95. The summed E-state index contributed by atoms with van der Waals surface area (Å²) in [4.78, 5) is 22.8. The van der Waals surface area contributed by atoms with Gasteiger partial charge in [0.15, 0.2) is 0 Å². The summed E-state index contributed by atoms with van der Waals surface area (Å²) in [5.74, 6) is -1.04. The van der Waals surface area contributed by atoms with Gasteiger partial charge < -0.3 is 15.7 Å². The number of benzene rings is 1. The van der Waals surface area contributed by atoms with Crippen LogP contribution in [0.4, 0.5) is 16.2 Å². The molecule has 0 aliphatic carbocycles. The molecule has 0 aliphatic rings. The van der Waals surface area contributed by atoms with E-state index in [9.17, 15) is 9.59 Å². The fourth-order valence-electron chi connectivity index (χ4n) is 1.91. The van der Waals surface area contributed by atoms with E-state index in [4.69, 9.17) is 5.11 Å². The average molecular weight is 288 g/mol. The summed E-state index contributed by atoms with van der Waals surface area (Å²) < 4.78 is 1.62. The summed E-state index contributed by atoms with van der Waals surface area (Å²) in [6.07, 6.45) is 2.41. The Bertz CT molecular complexity index is 679. The van der Waals surface area contributed by atoms with E-state index >= 15 is 0 Å². The Labute approximate surface area is 121 Å². The van der Waals surface area contributed by atoms with Crippen LogP contribution in [0, 0.1) is 0 Å². The number of amides is 2. The Kier molecular flexibility index (Phi) is 4.22. The van der Waals surface area contributed by atoms with Gasteiger partial charge in [0.1, 0.15) is 0 Å². The van der Waals surface area contributed by atoms with Crippen molar-refractivity contribution in [2.45, 2.75) is 13.3 Å². The third-order valence-corrected chi connectivity index (χ3v) is 2.86. The molecule has 2 aromatic rings. The molecule has 110 valence electrons. The molecule has 0 saturated carbocycles. The van der Waals surface area contributed by atoms with E-state index in [1.165, 1.54) is 12.1 Å². The number of rotatable bonds is 4. The van der Waals surface area contributed by atoms with Crippen LogP contribution in [0.5, 0.6) is 0 Å². The third kappa shape index (κ3) is 3.59. The van der Waals surface area contributed by atoms with E-state index in [0.717, 1.165) is 5.69 Å². The minimum absolute atomic E-state index is 0.114. The number of anilines is 2. The number of carboxylic acid groups (broad SMARTS) is 1. The van der Waals surface area contributed by atoms with Gasteiger partial charge in [-0.25, -0.2) is 9.59 Å². The molecular formula is C14H16N4O3. The Balaban J connectivity index is 2.08. The van der Waals surface area contributed by atoms with Gasteiger partial charge in [0.2, 0.25) is 0 Å². The number of aromatic nitrogens is 2. The molecule has 1 heterocycles. The number of carbonyl (C=O) groups is 2. The largest absolute Gasteiger partial charge is 0.478 e. The Morgan fingerprint density at radius 1 is 1.33 bits per heavy atom. The molecule has 0 radical (unpaired) electrons. The SMILES string of the molecule is CCc1nn(C)cc1NC(=O)Nc1cccc(C(=O)O)c1. The maximum absolute atomic E-state index is 11.9. The minimum Gasteiger partial charge on any atom is -0.478 e. The molecule has 1 aromatic carbocycles. The van der Waals surface area contributed by atoms with Crippen molar-refractivity contribution < 1.29 is 14.7 Å². The van der Waals surface area contributed by atoms with Crippen molar-refractivity contribution >= 4 is 23.4 Å². The number of nitrogens with one attached hydrogen (secondary N) is 2. The molecule has 0 spiro atoms. The molecule has 0 unspecified atom stereocenters. The number of urea groups is 1. The first kappa shape index (κ1) is 14.6. The second kappa shape index (κ2) is 6.08. The molecule has 2 rings (SSSR count). The van der Waals surface area contributed by atoms with Crippen molar-refractivity contribution in [3.8, 4) is 0 Å². The van der Waals surface area contributed by atoms with Crippen molar-refractivity contribution in [2.75, 3.05) is 10.6 Å². The van der Waals surface area contributed by atoms with Crippen molar-refractivity contribution in [1.29, 1.82) is 0 Å². The van der Waals surface area contributed by atoms with Crippen molar-refractivity contribution in [1.82, 2.24) is 9.78 Å². The molecule has 0 fully saturated rings. The zero-order valence-electron chi connectivity index (χ0n) is 11.8. The van der Waals surface area contributed by atoms with Crippen LogP contribution in [0.25, 0.3) is 0 Å². The fraction of sp³-hybridized carbons (Fsp3) is 0.214. The number of hydrogen-bond donors (Lipinski definition) is 3. The maximum Gasteiger partial charge on any atom is 0.335 e. The lowest BCUT2D eigenvalue weighted by molar-refractivity contribution is 0.0697. The van der Waals surface area contributed by atoms with Crippen LogP contribution in [0.15, 0.2) is 30.5 Å². The van der Waals surface area contributed by atoms with Gasteiger partial charge in [0.25, 0.3) is 0 Å². The standard InChI is InChI=1S/C14H16N4O3/c1-3-11-12(8-18(2)17-11)16-14(21)15-10-6-4-5-9(7-10)13(19)20/h4-8H,3H2,1-2H3,(H,19,20)(H2,15,16,21). The smallest absolute Gasteiger partial charge is 0.335 e. The van der Waals surface area contributed by atoms with Gasteiger partial charge >= 0.3 is 12.0 Å². The molecule has 3 N–H and O–H groups in total. The lowest BCUT2D eigenvalue weighted by Crippen LogP contribution is -2.20. The number of carboxylic acids is 1. The Morgan fingerprint density at radius 2 is 2.10 bits per heavy atom. The van der Waals surface area contributed by atoms with Crippen LogP contribution in [0.3, 0.4) is 0 Å². The fourth-order valence-corrected chi connectivity index (χ4v) is 1.91. The van der Waals surface area contributed by atoms with Gasteiger partial charge in [-0.1, -0.05) is 13.0 Å². The van der Waals surface area contributed by atoms with Gasteiger partial charge in [0, 0.05) is 18.9 Å². The van der Waals surface area contributed by atoms with E-state index in [-0.39, 0.29) is 5.56 Å². The molecule has 7 nitrogen and oxygen atoms in total. The number of carbonyl (C=O) groups excluding carboxylic acids is 1. The van der Waals surface area contributed by atoms with Gasteiger partial charge in [-0.3, -0.25) is 4.68 Å². The first-order valence-corrected chi connectivity index (χ1v) is 6.43. The van der Waals surface area contributed by atoms with Gasteiger partial charge in [-0.15, -0.1) is 0 Å². The lowest BCUT2D eigenvalue weighted by atomic mass is 10.2. The summed E-state index contributed by atoms with van der Waals surface area (Å²) in [5.41, 5.74) is 1.94. The molecule has 1 aromatic heterocycles. The van der Waals surface area contributed by atoms with Gasteiger partial charge in [0.05, 0.1) is 16.9 Å². The highest BCUT2D eigenvalue weighted by Gasteiger charge is 2.10. The lowest BCUT2D eigenvalue weighted by Gasteiger charge is -2.07. The molecule has 7 heteroatoms. The van der Waals surface area contributed by atoms with Crippen LogP contribution in [0.1, 0.15) is 23.0 Å². The zero-order chi connectivity index (χ0) is 15.4. The van der Waals surface area contributed by atoms with Gasteiger partial charge in [-0.2, -0.15) is 5.10 Å². The number of nitrogens with zero attached hydrogens (tertiary/aromatic N) is 2. The average Bonchev–Trinajstić information content (AvgIpc) is 2.78. The Morgan fingerprint density at radius 3 is 2.76 bits per heavy atom. The number of aryl methyl sites for hydroxylation is 2. The first-order valence-electron chi connectivity index (χ1n) is 6.43. The topological polar surface area (TPSA) is 96.3 Å². The van der Waals surface area contributed by atoms with E-state index in [1.807, 2.05) is 6.92 Å². The monoisotopic (exact) mass is 288 g/mol. The second-order valence-electron chi connectivity index (χ2n) is 4.48. The van der Waals surface area contributed by atoms with E-state index in [0.29, 0.717) is 17.8 Å². The van der Waals surface area contributed by atoms with Crippen molar-refractivity contribution in [3.05, 3.63) is 41.7 Å². The minimum atomic E-state index is -1.04. The molecule has 0 bridgehead atoms.